The van der Waals surface area contributed by atoms with Crippen LogP contribution in [0.15, 0.2) is 53.9 Å². The minimum absolute atomic E-state index is 0.225. The molecule has 2 aliphatic carbocycles. The van der Waals surface area contributed by atoms with Gasteiger partial charge >= 0.3 is 0 Å². The maximum absolute atomic E-state index is 9.31. The molecule has 0 saturated heterocycles. The first-order valence-electron chi connectivity index (χ1n) is 11.5. The minimum Gasteiger partial charge on any atom is -0.493 e. The molecule has 0 atom stereocenters. The van der Waals surface area contributed by atoms with E-state index in [0.29, 0.717) is 12.8 Å². The molecule has 2 aromatic rings. The van der Waals surface area contributed by atoms with Crippen LogP contribution in [0.4, 0.5) is 0 Å². The number of nitrogens with zero attached hydrogens (tertiary/aromatic N) is 3. The largest absolute Gasteiger partial charge is 0.493 e. The molecule has 0 amide bonds. The first kappa shape index (κ1) is 22.4. The molecule has 1 aromatic heterocycles. The van der Waals surface area contributed by atoms with Crippen molar-refractivity contribution in [2.75, 3.05) is 7.11 Å². The molecule has 0 spiro atoms. The Kier molecular flexibility index (Phi) is 6.97. The van der Waals surface area contributed by atoms with Crippen LogP contribution in [-0.4, -0.2) is 18.2 Å². The second kappa shape index (κ2) is 10.2. The molecule has 0 unspecified atom stereocenters. The van der Waals surface area contributed by atoms with Crippen molar-refractivity contribution in [1.82, 2.24) is 4.98 Å². The summed E-state index contributed by atoms with van der Waals surface area (Å²) in [5.74, 6) is 8.40. The molecule has 33 heavy (non-hydrogen) atoms. The van der Waals surface area contributed by atoms with Crippen molar-refractivity contribution >= 4 is 0 Å². The fourth-order valence-corrected chi connectivity index (χ4v) is 4.78. The lowest BCUT2D eigenvalue weighted by atomic mass is 9.68. The van der Waals surface area contributed by atoms with Gasteiger partial charge in [-0.1, -0.05) is 17.9 Å². The Balaban J connectivity index is 1.72. The number of rotatable bonds is 4. The molecule has 4 rings (SSSR count). The second-order valence-electron chi connectivity index (χ2n) is 8.66. The van der Waals surface area contributed by atoms with Gasteiger partial charge in [0.2, 0.25) is 0 Å². The first-order chi connectivity index (χ1) is 16.2. The molecule has 166 valence electrons. The Labute approximate surface area is 195 Å². The maximum atomic E-state index is 9.31. The highest BCUT2D eigenvalue weighted by Crippen LogP contribution is 2.44. The van der Waals surface area contributed by atoms with Crippen LogP contribution in [0.2, 0.25) is 0 Å². The van der Waals surface area contributed by atoms with Crippen molar-refractivity contribution in [1.29, 1.82) is 10.5 Å². The zero-order valence-electron chi connectivity index (χ0n) is 18.9. The average Bonchev–Trinajstić information content (AvgIpc) is 3.38. The Morgan fingerprint density at radius 2 is 1.70 bits per heavy atom. The Morgan fingerprint density at radius 3 is 2.33 bits per heavy atom. The van der Waals surface area contributed by atoms with E-state index in [1.807, 2.05) is 30.3 Å². The zero-order valence-corrected chi connectivity index (χ0v) is 18.9. The number of methoxy groups -OCH3 is 1. The van der Waals surface area contributed by atoms with Crippen LogP contribution >= 0.6 is 0 Å². The molecule has 2 aliphatic rings. The molecule has 0 N–H and O–H groups in total. The van der Waals surface area contributed by atoms with Gasteiger partial charge in [0.05, 0.1) is 18.6 Å². The van der Waals surface area contributed by atoms with Crippen LogP contribution in [0, 0.1) is 34.5 Å². The molecular weight excluding hydrogens is 410 g/mol. The molecule has 0 radical (unpaired) electrons. The summed E-state index contributed by atoms with van der Waals surface area (Å²) in [5.41, 5.74) is 2.77. The second-order valence-corrected chi connectivity index (χ2v) is 8.66. The van der Waals surface area contributed by atoms with Crippen molar-refractivity contribution < 1.29 is 9.47 Å². The van der Waals surface area contributed by atoms with E-state index in [1.165, 1.54) is 12.8 Å². The molecule has 1 aromatic carbocycles. The number of ether oxygens (including phenoxy) is 2. The van der Waals surface area contributed by atoms with Crippen molar-refractivity contribution in [3.05, 3.63) is 65.0 Å². The number of benzene rings is 1. The quantitative estimate of drug-likeness (QED) is 0.458. The van der Waals surface area contributed by atoms with Gasteiger partial charge in [-0.05, 0) is 86.8 Å². The third-order valence-corrected chi connectivity index (χ3v) is 6.72. The fraction of sp³-hybridized carbons (Fsp3) is 0.393. The molecule has 5 nitrogen and oxygen atoms in total. The highest BCUT2D eigenvalue weighted by Gasteiger charge is 2.35. The minimum atomic E-state index is -0.400. The van der Waals surface area contributed by atoms with E-state index in [9.17, 15) is 10.5 Å². The van der Waals surface area contributed by atoms with Gasteiger partial charge < -0.3 is 9.47 Å². The molecule has 2 fully saturated rings. The summed E-state index contributed by atoms with van der Waals surface area (Å²) in [4.78, 5) is 4.08. The molecule has 0 bridgehead atoms. The Bertz CT molecular complexity index is 1140. The van der Waals surface area contributed by atoms with Gasteiger partial charge in [0.25, 0.3) is 0 Å². The molecule has 5 heteroatoms. The lowest BCUT2D eigenvalue weighted by Gasteiger charge is -2.35. The summed E-state index contributed by atoms with van der Waals surface area (Å²) in [6.45, 7) is 0. The first-order valence-corrected chi connectivity index (χ1v) is 11.5. The normalized spacial score (nSPS) is 20.2. The third-order valence-electron chi connectivity index (χ3n) is 6.72. The van der Waals surface area contributed by atoms with Gasteiger partial charge in [-0.25, -0.2) is 0 Å². The fourth-order valence-electron chi connectivity index (χ4n) is 4.78. The summed E-state index contributed by atoms with van der Waals surface area (Å²) in [5, 5.41) is 18.6. The summed E-state index contributed by atoms with van der Waals surface area (Å²) in [6, 6.07) is 14.0. The van der Waals surface area contributed by atoms with Gasteiger partial charge in [-0.2, -0.15) is 10.5 Å². The standard InChI is InChI=1S/C28H27N3O2/c1-32-26-7-6-24(18-27(26)33-25-4-2-3-5-25)28(13-8-21-11-16-31-17-12-21)14-9-22(10-15-28)23(19-29)20-30/h6-7,11-12,16-18,25H,2-5,9-10,14-15H2,1H3. The lowest BCUT2D eigenvalue weighted by molar-refractivity contribution is 0.200. The highest BCUT2D eigenvalue weighted by atomic mass is 16.5. The summed E-state index contributed by atoms with van der Waals surface area (Å²) >= 11 is 0. The number of aromatic nitrogens is 1. The zero-order chi connectivity index (χ0) is 23.1. The van der Waals surface area contributed by atoms with Gasteiger partial charge in [-0.3, -0.25) is 4.98 Å². The Hall–Kier alpha value is -3.75. The van der Waals surface area contributed by atoms with Gasteiger partial charge in [0.15, 0.2) is 11.5 Å². The van der Waals surface area contributed by atoms with E-state index in [0.717, 1.165) is 53.9 Å². The lowest BCUT2D eigenvalue weighted by Crippen LogP contribution is -2.28. The van der Waals surface area contributed by atoms with Gasteiger partial charge in [0, 0.05) is 18.0 Å². The molecule has 2 saturated carbocycles. The molecule has 1 heterocycles. The van der Waals surface area contributed by atoms with Crippen LogP contribution in [-0.2, 0) is 5.41 Å². The predicted octanol–water partition coefficient (Wildman–Crippen LogP) is 5.62. The van der Waals surface area contributed by atoms with Crippen LogP contribution < -0.4 is 9.47 Å². The number of pyridine rings is 1. The monoisotopic (exact) mass is 437 g/mol. The van der Waals surface area contributed by atoms with E-state index in [-0.39, 0.29) is 11.7 Å². The SMILES string of the molecule is COc1ccc(C2(C#Cc3ccncc3)CCC(=C(C#N)C#N)CC2)cc1OC1CCCC1. The number of hydrogen-bond donors (Lipinski definition) is 0. The summed E-state index contributed by atoms with van der Waals surface area (Å²) in [7, 11) is 1.67. The number of nitriles is 2. The average molecular weight is 438 g/mol. The topological polar surface area (TPSA) is 78.9 Å². The summed E-state index contributed by atoms with van der Waals surface area (Å²) in [6.07, 6.45) is 11.1. The summed E-state index contributed by atoms with van der Waals surface area (Å²) < 4.78 is 11.9. The number of hydrogen-bond acceptors (Lipinski definition) is 5. The van der Waals surface area contributed by atoms with Crippen molar-refractivity contribution in [2.24, 2.45) is 0 Å². The third kappa shape index (κ3) is 5.02. The van der Waals surface area contributed by atoms with Crippen molar-refractivity contribution in [3.8, 4) is 35.5 Å². The predicted molar refractivity (Wildman–Crippen MR) is 125 cm³/mol. The highest BCUT2D eigenvalue weighted by molar-refractivity contribution is 5.51. The van der Waals surface area contributed by atoms with E-state index < -0.39 is 5.41 Å². The van der Waals surface area contributed by atoms with Crippen LogP contribution in [0.3, 0.4) is 0 Å². The van der Waals surface area contributed by atoms with Crippen LogP contribution in [0.1, 0.15) is 62.5 Å². The van der Waals surface area contributed by atoms with E-state index in [2.05, 4.69) is 29.0 Å². The molecular formula is C28H27N3O2. The van der Waals surface area contributed by atoms with Gasteiger partial charge in [-0.15, -0.1) is 0 Å². The van der Waals surface area contributed by atoms with Gasteiger partial charge in [0.1, 0.15) is 17.7 Å². The number of allylic oxidation sites excluding steroid dienone is 2. The van der Waals surface area contributed by atoms with Crippen LogP contribution in [0.25, 0.3) is 0 Å². The maximum Gasteiger partial charge on any atom is 0.161 e. The molecule has 0 aliphatic heterocycles. The van der Waals surface area contributed by atoms with E-state index in [1.54, 1.807) is 19.5 Å². The van der Waals surface area contributed by atoms with Crippen molar-refractivity contribution in [2.45, 2.75) is 62.9 Å². The van der Waals surface area contributed by atoms with Crippen LogP contribution in [0.5, 0.6) is 11.5 Å². The van der Waals surface area contributed by atoms with Crippen molar-refractivity contribution in [3.63, 3.8) is 0 Å². The smallest absolute Gasteiger partial charge is 0.161 e. The van der Waals surface area contributed by atoms with E-state index >= 15 is 0 Å². The van der Waals surface area contributed by atoms with E-state index in [4.69, 9.17) is 9.47 Å². The Morgan fingerprint density at radius 1 is 1.00 bits per heavy atom.